The van der Waals surface area contributed by atoms with E-state index in [0.717, 1.165) is 21.9 Å². The van der Waals surface area contributed by atoms with Crippen molar-refractivity contribution in [2.75, 3.05) is 28.4 Å². The lowest BCUT2D eigenvalue weighted by atomic mass is 9.94. The second-order valence-electron chi connectivity index (χ2n) is 5.50. The van der Waals surface area contributed by atoms with Crippen molar-refractivity contribution in [3.05, 3.63) is 66.0 Å². The van der Waals surface area contributed by atoms with Crippen molar-refractivity contribution < 1.29 is 18.9 Å². The fraction of sp³-hybridized carbons (Fsp3) is 0.250. The van der Waals surface area contributed by atoms with Gasteiger partial charge in [-0.25, -0.2) is 0 Å². The molecule has 0 bridgehead atoms. The Morgan fingerprint density at radius 2 is 1.50 bits per heavy atom. The number of methoxy groups -OCH3 is 4. The number of ether oxygens (including phenoxy) is 4. The minimum Gasteiger partial charge on any atom is -0.493 e. The van der Waals surface area contributed by atoms with Crippen LogP contribution >= 0.6 is 12.4 Å². The summed E-state index contributed by atoms with van der Waals surface area (Å²) in [5, 5.41) is 2.02. The Morgan fingerprint density at radius 3 is 2.15 bits per heavy atom. The van der Waals surface area contributed by atoms with E-state index in [1.807, 2.05) is 48.7 Å². The van der Waals surface area contributed by atoms with Gasteiger partial charge in [0.1, 0.15) is 0 Å². The van der Waals surface area contributed by atoms with Crippen molar-refractivity contribution in [2.45, 2.75) is 5.79 Å². The maximum atomic E-state index is 5.88. The van der Waals surface area contributed by atoms with Crippen LogP contribution in [0.4, 0.5) is 0 Å². The molecule has 2 aromatic carbocycles. The van der Waals surface area contributed by atoms with Crippen LogP contribution in [-0.4, -0.2) is 33.4 Å². The van der Waals surface area contributed by atoms with Crippen LogP contribution < -0.4 is 9.47 Å². The molecule has 3 aromatic rings. The summed E-state index contributed by atoms with van der Waals surface area (Å²) in [6.07, 6.45) is 3.59. The van der Waals surface area contributed by atoms with E-state index in [-0.39, 0.29) is 12.4 Å². The van der Waals surface area contributed by atoms with Gasteiger partial charge in [0.25, 0.3) is 0 Å². The summed E-state index contributed by atoms with van der Waals surface area (Å²) in [4.78, 5) is 4.36. The Bertz CT molecular complexity index is 875. The third-order valence-electron chi connectivity index (χ3n) is 4.36. The minimum absolute atomic E-state index is 0. The minimum atomic E-state index is -1.12. The molecule has 138 valence electrons. The second-order valence-corrected chi connectivity index (χ2v) is 5.50. The molecule has 0 aliphatic rings. The predicted molar refractivity (Wildman–Crippen MR) is 103 cm³/mol. The van der Waals surface area contributed by atoms with Crippen LogP contribution in [0.15, 0.2) is 54.9 Å². The zero-order valence-corrected chi connectivity index (χ0v) is 16.0. The van der Waals surface area contributed by atoms with Gasteiger partial charge in [-0.15, -0.1) is 12.4 Å². The van der Waals surface area contributed by atoms with Gasteiger partial charge in [0, 0.05) is 43.1 Å². The second kappa shape index (κ2) is 8.36. The van der Waals surface area contributed by atoms with Crippen LogP contribution in [0.5, 0.6) is 11.5 Å². The van der Waals surface area contributed by atoms with Crippen LogP contribution in [0.25, 0.3) is 10.8 Å². The number of fused-ring (bicyclic) bond motifs is 1. The van der Waals surface area contributed by atoms with E-state index in [9.17, 15) is 0 Å². The van der Waals surface area contributed by atoms with E-state index in [2.05, 4.69) is 4.98 Å². The topological polar surface area (TPSA) is 49.8 Å². The summed E-state index contributed by atoms with van der Waals surface area (Å²) in [6.45, 7) is 0. The number of aromatic nitrogens is 1. The highest BCUT2D eigenvalue weighted by atomic mass is 35.5. The summed E-state index contributed by atoms with van der Waals surface area (Å²) >= 11 is 0. The van der Waals surface area contributed by atoms with Gasteiger partial charge in [0.15, 0.2) is 11.5 Å². The highest BCUT2D eigenvalue weighted by Crippen LogP contribution is 2.40. The molecule has 0 unspecified atom stereocenters. The van der Waals surface area contributed by atoms with Gasteiger partial charge >= 0.3 is 0 Å². The number of halogens is 1. The lowest BCUT2D eigenvalue weighted by molar-refractivity contribution is -0.183. The number of hydrogen-bond donors (Lipinski definition) is 0. The fourth-order valence-corrected chi connectivity index (χ4v) is 3.11. The zero-order chi connectivity index (χ0) is 17.9. The SMILES string of the molecule is COc1ccc(C(OC)(OC)c2cncc3ccccc23)cc1OC.Cl. The number of benzene rings is 2. The lowest BCUT2D eigenvalue weighted by Crippen LogP contribution is -2.32. The Hall–Kier alpha value is -2.34. The highest BCUT2D eigenvalue weighted by molar-refractivity contribution is 5.86. The van der Waals surface area contributed by atoms with Gasteiger partial charge in [0.05, 0.1) is 14.2 Å². The predicted octanol–water partition coefficient (Wildman–Crippen LogP) is 4.17. The Morgan fingerprint density at radius 1 is 0.808 bits per heavy atom. The van der Waals surface area contributed by atoms with E-state index in [0.29, 0.717) is 11.5 Å². The molecule has 0 N–H and O–H groups in total. The lowest BCUT2D eigenvalue weighted by Gasteiger charge is -2.32. The van der Waals surface area contributed by atoms with E-state index in [1.54, 1.807) is 34.6 Å². The molecule has 0 amide bonds. The van der Waals surface area contributed by atoms with Gasteiger partial charge in [-0.3, -0.25) is 4.98 Å². The van der Waals surface area contributed by atoms with Crippen LogP contribution in [-0.2, 0) is 15.3 Å². The van der Waals surface area contributed by atoms with Crippen molar-refractivity contribution in [1.82, 2.24) is 4.98 Å². The first kappa shape index (κ1) is 20.0. The number of hydrogen-bond acceptors (Lipinski definition) is 5. The van der Waals surface area contributed by atoms with Gasteiger partial charge in [0.2, 0.25) is 5.79 Å². The monoisotopic (exact) mass is 375 g/mol. The van der Waals surface area contributed by atoms with E-state index in [1.165, 1.54) is 0 Å². The van der Waals surface area contributed by atoms with Crippen LogP contribution in [0, 0.1) is 0 Å². The molecule has 5 nitrogen and oxygen atoms in total. The number of pyridine rings is 1. The summed E-state index contributed by atoms with van der Waals surface area (Å²) in [5.41, 5.74) is 1.61. The Labute approximate surface area is 159 Å². The van der Waals surface area contributed by atoms with Gasteiger partial charge in [-0.05, 0) is 23.6 Å². The summed E-state index contributed by atoms with van der Waals surface area (Å²) in [7, 11) is 6.43. The molecule has 0 saturated carbocycles. The van der Waals surface area contributed by atoms with Crippen molar-refractivity contribution in [1.29, 1.82) is 0 Å². The van der Waals surface area contributed by atoms with Crippen molar-refractivity contribution >= 4 is 23.2 Å². The fourth-order valence-electron chi connectivity index (χ4n) is 3.11. The maximum Gasteiger partial charge on any atom is 0.224 e. The maximum absolute atomic E-state index is 5.88. The van der Waals surface area contributed by atoms with E-state index >= 15 is 0 Å². The molecular formula is C20H22ClNO4. The summed E-state index contributed by atoms with van der Waals surface area (Å²) in [5.74, 6) is 0.128. The van der Waals surface area contributed by atoms with Crippen molar-refractivity contribution in [2.24, 2.45) is 0 Å². The van der Waals surface area contributed by atoms with Crippen molar-refractivity contribution in [3.63, 3.8) is 0 Å². The van der Waals surface area contributed by atoms with E-state index < -0.39 is 5.79 Å². The first-order valence-electron chi connectivity index (χ1n) is 7.86. The zero-order valence-electron chi connectivity index (χ0n) is 15.2. The molecule has 0 saturated heterocycles. The van der Waals surface area contributed by atoms with Crippen LogP contribution in [0.3, 0.4) is 0 Å². The van der Waals surface area contributed by atoms with Gasteiger partial charge in [-0.2, -0.15) is 0 Å². The molecule has 1 heterocycles. The molecule has 0 radical (unpaired) electrons. The average molecular weight is 376 g/mol. The van der Waals surface area contributed by atoms with Crippen LogP contribution in [0.1, 0.15) is 11.1 Å². The van der Waals surface area contributed by atoms with Gasteiger partial charge < -0.3 is 18.9 Å². The molecule has 1 aromatic heterocycles. The van der Waals surface area contributed by atoms with Gasteiger partial charge in [-0.1, -0.05) is 24.3 Å². The largest absolute Gasteiger partial charge is 0.493 e. The quantitative estimate of drug-likeness (QED) is 0.605. The van der Waals surface area contributed by atoms with Crippen molar-refractivity contribution in [3.8, 4) is 11.5 Å². The third kappa shape index (κ3) is 3.21. The molecule has 0 spiro atoms. The smallest absolute Gasteiger partial charge is 0.224 e. The standard InChI is InChI=1S/C20H21NO4.ClH/c1-22-18-10-9-15(11-19(18)23-2)20(24-3,25-4)17-13-21-12-14-7-5-6-8-16(14)17;/h5-13H,1-4H3;1H. The number of nitrogens with zero attached hydrogens (tertiary/aromatic N) is 1. The average Bonchev–Trinajstić information content (AvgIpc) is 2.69. The summed E-state index contributed by atoms with van der Waals surface area (Å²) < 4.78 is 22.5. The van der Waals surface area contributed by atoms with E-state index in [4.69, 9.17) is 18.9 Å². The molecule has 0 aliphatic carbocycles. The molecule has 6 heteroatoms. The first-order chi connectivity index (χ1) is 12.2. The van der Waals surface area contributed by atoms with Crippen LogP contribution in [0.2, 0.25) is 0 Å². The third-order valence-corrected chi connectivity index (χ3v) is 4.36. The molecule has 0 fully saturated rings. The molecule has 0 aliphatic heterocycles. The molecule has 26 heavy (non-hydrogen) atoms. The first-order valence-corrected chi connectivity index (χ1v) is 7.86. The highest BCUT2D eigenvalue weighted by Gasteiger charge is 2.37. The molecule has 0 atom stereocenters. The normalized spacial score (nSPS) is 11.1. The molecular weight excluding hydrogens is 354 g/mol. The molecule has 3 rings (SSSR count). The Balaban J connectivity index is 0.00000243. The summed E-state index contributed by atoms with van der Waals surface area (Å²) in [6, 6.07) is 13.6. The number of rotatable bonds is 6. The Kier molecular flexibility index (Phi) is 6.42.